The fourth-order valence-electron chi connectivity index (χ4n) is 1.77. The summed E-state index contributed by atoms with van der Waals surface area (Å²) in [5.74, 6) is 0. The number of nitrogens with zero attached hydrogens (tertiary/aromatic N) is 1. The number of aromatic nitrogens is 1. The molecule has 1 aromatic heterocycles. The molecule has 1 atom stereocenters. The predicted molar refractivity (Wildman–Crippen MR) is 76.5 cm³/mol. The molecule has 1 aromatic rings. The van der Waals surface area contributed by atoms with Gasteiger partial charge in [-0.3, -0.25) is 0 Å². The molecule has 0 bridgehead atoms. The lowest BCUT2D eigenvalue weighted by atomic mass is 9.90. The Kier molecular flexibility index (Phi) is 4.73. The summed E-state index contributed by atoms with van der Waals surface area (Å²) in [5, 5.41) is 3.27. The molecule has 0 amide bonds. The Balaban J connectivity index is 2.93. The lowest BCUT2D eigenvalue weighted by Crippen LogP contribution is -2.36. The molecule has 98 valence electrons. The van der Waals surface area contributed by atoms with Crippen LogP contribution in [0.2, 0.25) is 0 Å². The molecule has 0 aliphatic carbocycles. The maximum atomic E-state index is 6.51. The SMILES string of the molecule is CCCCC(N)(CC)c1nc(C(C)(C)C)cs1. The van der Waals surface area contributed by atoms with Crippen molar-refractivity contribution in [1.29, 1.82) is 0 Å². The molecule has 0 aliphatic heterocycles. The van der Waals surface area contributed by atoms with Crippen LogP contribution < -0.4 is 5.73 Å². The van der Waals surface area contributed by atoms with Gasteiger partial charge in [0.1, 0.15) is 5.01 Å². The Morgan fingerprint density at radius 1 is 1.29 bits per heavy atom. The van der Waals surface area contributed by atoms with E-state index in [-0.39, 0.29) is 11.0 Å². The molecular weight excluding hydrogens is 228 g/mol. The highest BCUT2D eigenvalue weighted by Gasteiger charge is 2.29. The van der Waals surface area contributed by atoms with Crippen LogP contribution in [0.1, 0.15) is 71.0 Å². The summed E-state index contributed by atoms with van der Waals surface area (Å²) in [6.07, 6.45) is 4.37. The van der Waals surface area contributed by atoms with Crippen LogP contribution in [0.15, 0.2) is 5.38 Å². The molecule has 0 radical (unpaired) electrons. The standard InChI is InChI=1S/C14H26N2S/c1-6-8-9-14(15,7-2)12-16-11(10-17-12)13(3,4)5/h10H,6-9,15H2,1-5H3. The van der Waals surface area contributed by atoms with Crippen LogP contribution in [0.25, 0.3) is 0 Å². The van der Waals surface area contributed by atoms with Gasteiger partial charge in [0.05, 0.1) is 11.2 Å². The second-order valence-corrected chi connectivity index (χ2v) is 6.76. The molecule has 0 fully saturated rings. The minimum atomic E-state index is -0.218. The number of thiazole rings is 1. The number of nitrogens with two attached hydrogens (primary N) is 1. The van der Waals surface area contributed by atoms with Gasteiger partial charge in [-0.05, 0) is 12.8 Å². The molecule has 17 heavy (non-hydrogen) atoms. The number of hydrogen-bond acceptors (Lipinski definition) is 3. The van der Waals surface area contributed by atoms with Gasteiger partial charge in [-0.15, -0.1) is 11.3 Å². The summed E-state index contributed by atoms with van der Waals surface area (Å²) in [6.45, 7) is 11.0. The maximum Gasteiger partial charge on any atom is 0.113 e. The van der Waals surface area contributed by atoms with Crippen LogP contribution in [0, 0.1) is 0 Å². The van der Waals surface area contributed by atoms with Gasteiger partial charge in [-0.2, -0.15) is 0 Å². The first-order valence-corrected chi connectivity index (χ1v) is 7.47. The molecule has 0 aromatic carbocycles. The zero-order valence-electron chi connectivity index (χ0n) is 11.8. The van der Waals surface area contributed by atoms with Gasteiger partial charge >= 0.3 is 0 Å². The van der Waals surface area contributed by atoms with Gasteiger partial charge in [0, 0.05) is 10.8 Å². The van der Waals surface area contributed by atoms with Crippen molar-refractivity contribution in [2.75, 3.05) is 0 Å². The number of hydrogen-bond donors (Lipinski definition) is 1. The summed E-state index contributed by atoms with van der Waals surface area (Å²) >= 11 is 1.72. The Hall–Kier alpha value is -0.410. The van der Waals surface area contributed by atoms with Crippen molar-refractivity contribution >= 4 is 11.3 Å². The second-order valence-electron chi connectivity index (χ2n) is 5.90. The van der Waals surface area contributed by atoms with E-state index in [4.69, 9.17) is 10.7 Å². The minimum absolute atomic E-state index is 0.119. The Labute approximate surface area is 110 Å². The summed E-state index contributed by atoms with van der Waals surface area (Å²) in [5.41, 5.74) is 7.57. The normalized spacial score (nSPS) is 15.9. The van der Waals surface area contributed by atoms with Gasteiger partial charge < -0.3 is 5.73 Å². The third kappa shape index (κ3) is 3.52. The molecule has 1 unspecified atom stereocenters. The largest absolute Gasteiger partial charge is 0.319 e. The number of rotatable bonds is 5. The van der Waals surface area contributed by atoms with E-state index in [0.29, 0.717) is 0 Å². The van der Waals surface area contributed by atoms with Crippen molar-refractivity contribution in [3.05, 3.63) is 16.1 Å². The highest BCUT2D eigenvalue weighted by Crippen LogP contribution is 2.33. The summed E-state index contributed by atoms with van der Waals surface area (Å²) in [7, 11) is 0. The van der Waals surface area contributed by atoms with E-state index in [1.165, 1.54) is 12.8 Å². The molecule has 1 rings (SSSR count). The molecule has 0 aliphatic rings. The Morgan fingerprint density at radius 3 is 2.35 bits per heavy atom. The molecule has 0 spiro atoms. The Bertz CT molecular complexity index is 351. The molecule has 1 heterocycles. The van der Waals surface area contributed by atoms with Gasteiger partial charge in [-0.25, -0.2) is 4.98 Å². The van der Waals surface area contributed by atoms with E-state index in [0.717, 1.165) is 23.5 Å². The van der Waals surface area contributed by atoms with Crippen LogP contribution in [0.3, 0.4) is 0 Å². The van der Waals surface area contributed by atoms with Gasteiger partial charge in [0.25, 0.3) is 0 Å². The van der Waals surface area contributed by atoms with Crippen LogP contribution >= 0.6 is 11.3 Å². The van der Waals surface area contributed by atoms with E-state index in [2.05, 4.69) is 40.0 Å². The van der Waals surface area contributed by atoms with Gasteiger partial charge in [0.2, 0.25) is 0 Å². The summed E-state index contributed by atoms with van der Waals surface area (Å²) in [4.78, 5) is 4.77. The minimum Gasteiger partial charge on any atom is -0.319 e. The van der Waals surface area contributed by atoms with Crippen molar-refractivity contribution < 1.29 is 0 Å². The van der Waals surface area contributed by atoms with Crippen LogP contribution in [0.5, 0.6) is 0 Å². The maximum absolute atomic E-state index is 6.51. The van der Waals surface area contributed by atoms with Crippen LogP contribution in [-0.2, 0) is 11.0 Å². The molecule has 0 saturated heterocycles. The lowest BCUT2D eigenvalue weighted by Gasteiger charge is -2.26. The smallest absolute Gasteiger partial charge is 0.113 e. The van der Waals surface area contributed by atoms with E-state index in [9.17, 15) is 0 Å². The van der Waals surface area contributed by atoms with E-state index in [1.807, 2.05) is 0 Å². The first-order valence-electron chi connectivity index (χ1n) is 6.59. The van der Waals surface area contributed by atoms with Crippen LogP contribution in [0.4, 0.5) is 0 Å². The fourth-order valence-corrected chi connectivity index (χ4v) is 3.04. The van der Waals surface area contributed by atoms with Gasteiger partial charge in [0.15, 0.2) is 0 Å². The molecule has 2 nitrogen and oxygen atoms in total. The zero-order valence-corrected chi connectivity index (χ0v) is 12.7. The molecule has 3 heteroatoms. The third-order valence-electron chi connectivity index (χ3n) is 3.31. The van der Waals surface area contributed by atoms with Crippen molar-refractivity contribution in [2.45, 2.75) is 71.3 Å². The first-order chi connectivity index (χ1) is 7.83. The summed E-state index contributed by atoms with van der Waals surface area (Å²) in [6, 6.07) is 0. The fraction of sp³-hybridized carbons (Fsp3) is 0.786. The number of unbranched alkanes of at least 4 members (excludes halogenated alkanes) is 1. The molecule has 0 saturated carbocycles. The van der Waals surface area contributed by atoms with Gasteiger partial charge in [-0.1, -0.05) is 47.5 Å². The topological polar surface area (TPSA) is 38.9 Å². The highest BCUT2D eigenvalue weighted by molar-refractivity contribution is 7.09. The quantitative estimate of drug-likeness (QED) is 0.855. The van der Waals surface area contributed by atoms with E-state index < -0.39 is 0 Å². The molecular formula is C14H26N2S. The van der Waals surface area contributed by atoms with Crippen molar-refractivity contribution in [3.63, 3.8) is 0 Å². The second kappa shape index (κ2) is 5.49. The van der Waals surface area contributed by atoms with E-state index >= 15 is 0 Å². The zero-order chi connectivity index (χ0) is 13.1. The average Bonchev–Trinajstić information content (AvgIpc) is 2.75. The monoisotopic (exact) mass is 254 g/mol. The Morgan fingerprint density at radius 2 is 1.94 bits per heavy atom. The first kappa shape index (κ1) is 14.7. The predicted octanol–water partition coefficient (Wildman–Crippen LogP) is 4.19. The van der Waals surface area contributed by atoms with Crippen molar-refractivity contribution in [1.82, 2.24) is 4.98 Å². The average molecular weight is 254 g/mol. The molecule has 2 N–H and O–H groups in total. The summed E-state index contributed by atoms with van der Waals surface area (Å²) < 4.78 is 0. The third-order valence-corrected chi connectivity index (χ3v) is 4.37. The van der Waals surface area contributed by atoms with Crippen LogP contribution in [-0.4, -0.2) is 4.98 Å². The lowest BCUT2D eigenvalue weighted by molar-refractivity contribution is 0.376. The van der Waals surface area contributed by atoms with Crippen molar-refractivity contribution in [2.24, 2.45) is 5.73 Å². The van der Waals surface area contributed by atoms with Crippen molar-refractivity contribution in [3.8, 4) is 0 Å². The van der Waals surface area contributed by atoms with E-state index in [1.54, 1.807) is 11.3 Å². The highest BCUT2D eigenvalue weighted by atomic mass is 32.1.